The Kier molecular flexibility index (Phi) is 8.07. The first-order chi connectivity index (χ1) is 21.9. The van der Waals surface area contributed by atoms with Crippen LogP contribution in [0.2, 0.25) is 0 Å². The van der Waals surface area contributed by atoms with Gasteiger partial charge < -0.3 is 10.2 Å². The number of hydrogen-bond donors (Lipinski definition) is 1. The Morgan fingerprint density at radius 1 is 0.978 bits per heavy atom. The number of anilines is 2. The highest BCUT2D eigenvalue weighted by Crippen LogP contribution is 2.30. The Labute approximate surface area is 264 Å². The Hall–Kier alpha value is -5.10. The number of aromatic nitrogens is 6. The van der Waals surface area contributed by atoms with Crippen molar-refractivity contribution in [3.8, 4) is 17.1 Å². The van der Waals surface area contributed by atoms with Crippen molar-refractivity contribution in [3.63, 3.8) is 0 Å². The molecule has 4 aromatic heterocycles. The molecule has 11 nitrogen and oxygen atoms in total. The molecule has 5 aromatic rings. The molecule has 236 valence electrons. The topological polar surface area (TPSA) is 128 Å². The van der Waals surface area contributed by atoms with Gasteiger partial charge in [-0.15, -0.1) is 0 Å². The van der Waals surface area contributed by atoms with Crippen molar-refractivity contribution in [1.29, 1.82) is 0 Å². The summed E-state index contributed by atoms with van der Waals surface area (Å²) in [4.78, 5) is 50.3. The number of nitrogens with zero attached hydrogens (tertiary/aromatic N) is 7. The van der Waals surface area contributed by atoms with Gasteiger partial charge in [-0.1, -0.05) is 26.8 Å². The summed E-state index contributed by atoms with van der Waals surface area (Å²) < 4.78 is 17.4. The Morgan fingerprint density at radius 3 is 2.41 bits per heavy atom. The molecule has 46 heavy (non-hydrogen) atoms. The Bertz CT molecular complexity index is 2070. The molecule has 1 aliphatic rings. The number of aryl methyl sites for hydroxylation is 1. The first kappa shape index (κ1) is 30.9. The number of rotatable bonds is 6. The maximum atomic E-state index is 15.3. The van der Waals surface area contributed by atoms with Crippen LogP contribution in [0.1, 0.15) is 61.0 Å². The zero-order chi connectivity index (χ0) is 32.7. The first-order valence-electron chi connectivity index (χ1n) is 15.1. The van der Waals surface area contributed by atoms with Gasteiger partial charge in [0.1, 0.15) is 17.3 Å². The van der Waals surface area contributed by atoms with Crippen LogP contribution in [0.15, 0.2) is 64.6 Å². The van der Waals surface area contributed by atoms with Crippen molar-refractivity contribution >= 4 is 28.6 Å². The minimum Gasteiger partial charge on any atom is -0.336 e. The van der Waals surface area contributed by atoms with Crippen molar-refractivity contribution < 1.29 is 9.18 Å². The third-order valence-electron chi connectivity index (χ3n) is 8.57. The summed E-state index contributed by atoms with van der Waals surface area (Å²) in [5.74, 6) is 0.161. The number of aldehydes is 1. The number of piperidine rings is 1. The van der Waals surface area contributed by atoms with Crippen molar-refractivity contribution in [1.82, 2.24) is 34.4 Å². The van der Waals surface area contributed by atoms with Crippen LogP contribution in [0, 0.1) is 5.82 Å². The van der Waals surface area contributed by atoms with E-state index in [0.717, 1.165) is 46.4 Å². The largest absolute Gasteiger partial charge is 0.336 e. The van der Waals surface area contributed by atoms with Crippen LogP contribution in [-0.2, 0) is 12.5 Å². The number of carbonyl (C=O) groups excluding carboxylic acids is 1. The maximum absolute atomic E-state index is 15.3. The molecular weight excluding hydrogens is 587 g/mol. The van der Waals surface area contributed by atoms with Crippen LogP contribution >= 0.6 is 0 Å². The van der Waals surface area contributed by atoms with Crippen LogP contribution in [0.5, 0.6) is 0 Å². The molecule has 0 aliphatic carbocycles. The normalized spacial score (nSPS) is 14.5. The van der Waals surface area contributed by atoms with E-state index >= 15 is 4.39 Å². The van der Waals surface area contributed by atoms with Gasteiger partial charge in [0.15, 0.2) is 12.1 Å². The third-order valence-corrected chi connectivity index (χ3v) is 8.57. The minimum atomic E-state index is -0.756. The average molecular weight is 623 g/mol. The molecule has 0 radical (unpaired) electrons. The molecular formula is C34H35FN8O3. The number of halogens is 1. The number of carbonyl (C=O) groups is 1. The summed E-state index contributed by atoms with van der Waals surface area (Å²) in [7, 11) is 3.62. The molecule has 0 bridgehead atoms. The molecule has 5 heterocycles. The van der Waals surface area contributed by atoms with Gasteiger partial charge in [-0.25, -0.2) is 19.0 Å². The maximum Gasteiger partial charge on any atom is 0.290 e. The van der Waals surface area contributed by atoms with Crippen molar-refractivity contribution in [3.05, 3.63) is 98.2 Å². The van der Waals surface area contributed by atoms with Gasteiger partial charge in [0.2, 0.25) is 0 Å². The second-order valence-electron chi connectivity index (χ2n) is 12.8. The summed E-state index contributed by atoms with van der Waals surface area (Å²) in [6, 6.07) is 10.0. The molecule has 1 fully saturated rings. The fourth-order valence-corrected chi connectivity index (χ4v) is 5.82. The highest BCUT2D eigenvalue weighted by Gasteiger charge is 2.22. The zero-order valence-electron chi connectivity index (χ0n) is 26.4. The Balaban J connectivity index is 1.37. The molecule has 1 aromatic carbocycles. The smallest absolute Gasteiger partial charge is 0.290 e. The lowest BCUT2D eigenvalue weighted by Gasteiger charge is -2.29. The number of benzene rings is 1. The van der Waals surface area contributed by atoms with Crippen LogP contribution in [0.3, 0.4) is 0 Å². The summed E-state index contributed by atoms with van der Waals surface area (Å²) in [6.07, 6.45) is 7.30. The number of hydrogen-bond acceptors (Lipinski definition) is 9. The van der Waals surface area contributed by atoms with E-state index in [2.05, 4.69) is 37.4 Å². The van der Waals surface area contributed by atoms with Crippen molar-refractivity contribution in [2.75, 3.05) is 25.5 Å². The van der Waals surface area contributed by atoms with Crippen LogP contribution in [-0.4, -0.2) is 60.9 Å². The monoisotopic (exact) mass is 622 g/mol. The number of fused-ring (bicyclic) bond motifs is 1. The lowest BCUT2D eigenvalue weighted by molar-refractivity contribution is 0.112. The predicted octanol–water partition coefficient (Wildman–Crippen LogP) is 4.74. The number of pyridine rings is 2. The zero-order valence-corrected chi connectivity index (χ0v) is 26.4. The molecule has 0 spiro atoms. The van der Waals surface area contributed by atoms with Gasteiger partial charge in [0.05, 0.1) is 22.8 Å². The number of likely N-dealkylation sites (tertiary alicyclic amines) is 1. The van der Waals surface area contributed by atoms with E-state index in [4.69, 9.17) is 0 Å². The molecule has 12 heteroatoms. The predicted molar refractivity (Wildman–Crippen MR) is 175 cm³/mol. The van der Waals surface area contributed by atoms with Gasteiger partial charge in [-0.05, 0) is 85.8 Å². The Morgan fingerprint density at radius 2 is 1.74 bits per heavy atom. The van der Waals surface area contributed by atoms with Crippen molar-refractivity contribution in [2.45, 2.75) is 44.9 Å². The molecule has 1 saturated heterocycles. The van der Waals surface area contributed by atoms with Gasteiger partial charge in [-0.2, -0.15) is 14.9 Å². The summed E-state index contributed by atoms with van der Waals surface area (Å²) in [5, 5.41) is 11.9. The van der Waals surface area contributed by atoms with Crippen LogP contribution < -0.4 is 16.4 Å². The van der Waals surface area contributed by atoms with E-state index < -0.39 is 16.9 Å². The fraction of sp³-hybridized carbons (Fsp3) is 0.324. The van der Waals surface area contributed by atoms with Crippen LogP contribution in [0.25, 0.3) is 27.8 Å². The molecule has 1 aliphatic heterocycles. The summed E-state index contributed by atoms with van der Waals surface area (Å²) in [6.45, 7) is 7.94. The molecule has 1 N–H and O–H groups in total. The minimum absolute atomic E-state index is 0.000809. The lowest BCUT2D eigenvalue weighted by Crippen LogP contribution is -2.29. The fourth-order valence-electron chi connectivity index (χ4n) is 5.82. The highest BCUT2D eigenvalue weighted by atomic mass is 19.1. The van der Waals surface area contributed by atoms with Crippen molar-refractivity contribution in [2.24, 2.45) is 7.05 Å². The van der Waals surface area contributed by atoms with E-state index in [1.54, 1.807) is 12.1 Å². The molecule has 0 atom stereocenters. The third kappa shape index (κ3) is 5.83. The summed E-state index contributed by atoms with van der Waals surface area (Å²) in [5.41, 5.74) is 1.16. The molecule has 0 unspecified atom stereocenters. The second-order valence-corrected chi connectivity index (χ2v) is 12.8. The van der Waals surface area contributed by atoms with Crippen LogP contribution in [0.4, 0.5) is 15.9 Å². The first-order valence-corrected chi connectivity index (χ1v) is 15.1. The SMILES string of the molecule is CN1CCC(c2ccc(Nc3cc(-c4ccnc(-n5ncc6cc(C(C)(C)C)cc(F)c6c5=O)c4C=O)nn(C)c3=O)nc2)CC1. The molecule has 0 amide bonds. The molecule has 6 rings (SSSR count). The van der Waals surface area contributed by atoms with Gasteiger partial charge >= 0.3 is 0 Å². The average Bonchev–Trinajstić information content (AvgIpc) is 3.03. The van der Waals surface area contributed by atoms with E-state index in [9.17, 15) is 14.4 Å². The number of nitrogens with one attached hydrogen (secondary N) is 1. The van der Waals surface area contributed by atoms with Gasteiger partial charge in [-0.3, -0.25) is 14.4 Å². The highest BCUT2D eigenvalue weighted by molar-refractivity contribution is 5.91. The van der Waals surface area contributed by atoms with Gasteiger partial charge in [0.25, 0.3) is 11.1 Å². The summed E-state index contributed by atoms with van der Waals surface area (Å²) >= 11 is 0. The van der Waals surface area contributed by atoms with Gasteiger partial charge in [0, 0.05) is 30.4 Å². The second kappa shape index (κ2) is 12.0. The lowest BCUT2D eigenvalue weighted by atomic mass is 9.86. The van der Waals surface area contributed by atoms with E-state index in [-0.39, 0.29) is 33.6 Å². The standard InChI is InChI=1S/C34H35FN8O3/c1-34(2,3)23-14-22-18-38-43(33(46)30(22)26(35)15-23)31-25(19-44)24(8-11-36-31)27-16-28(32(45)42(5)40-27)39-29-7-6-21(17-37-29)20-9-12-41(4)13-10-20/h6-8,11,14-20H,9-10,12-13H2,1-5H3,(H,37,39). The van der Waals surface area contributed by atoms with E-state index in [0.29, 0.717) is 29.0 Å². The van der Waals surface area contributed by atoms with E-state index in [1.807, 2.05) is 39.1 Å². The molecule has 0 saturated carbocycles. The van der Waals surface area contributed by atoms with E-state index in [1.165, 1.54) is 31.6 Å². The quantitative estimate of drug-likeness (QED) is 0.267.